The number of amides is 2. The van der Waals surface area contributed by atoms with Crippen LogP contribution >= 0.6 is 0 Å². The third kappa shape index (κ3) is 5.18. The lowest BCUT2D eigenvalue weighted by atomic mass is 10.1. The third-order valence-corrected chi connectivity index (χ3v) is 4.32. The van der Waals surface area contributed by atoms with E-state index in [1.165, 1.54) is 0 Å². The number of nitrogen functional groups attached to an aromatic ring is 1. The average Bonchev–Trinajstić information content (AvgIpc) is 2.72. The van der Waals surface area contributed by atoms with E-state index in [4.69, 9.17) is 5.73 Å². The molecule has 6 heteroatoms. The van der Waals surface area contributed by atoms with Crippen molar-refractivity contribution in [1.82, 2.24) is 10.6 Å². The highest BCUT2D eigenvalue weighted by Crippen LogP contribution is 2.08. The average molecular weight is 375 g/mol. The number of nitrogens with one attached hydrogen (secondary N) is 2. The third-order valence-electron chi connectivity index (χ3n) is 4.32. The van der Waals surface area contributed by atoms with Gasteiger partial charge in [-0.2, -0.15) is 0 Å². The Bertz CT molecular complexity index is 869. The summed E-state index contributed by atoms with van der Waals surface area (Å²) >= 11 is 0. The second-order valence-electron chi connectivity index (χ2n) is 6.50. The van der Waals surface area contributed by atoms with Gasteiger partial charge >= 0.3 is 0 Å². The first kappa shape index (κ1) is 19.1. The van der Waals surface area contributed by atoms with Gasteiger partial charge in [0.25, 0.3) is 11.8 Å². The number of carbonyl (C=O) groups excluding carboxylic acids is 2. The van der Waals surface area contributed by atoms with Crippen LogP contribution in [0.3, 0.4) is 0 Å². The summed E-state index contributed by atoms with van der Waals surface area (Å²) in [5.74, 6) is -0.385. The summed E-state index contributed by atoms with van der Waals surface area (Å²) in [7, 11) is 0. The van der Waals surface area contributed by atoms with Crippen molar-refractivity contribution in [3.63, 3.8) is 0 Å². The Labute approximate surface area is 163 Å². The van der Waals surface area contributed by atoms with Gasteiger partial charge in [0.1, 0.15) is 5.69 Å². The Morgan fingerprint density at radius 3 is 1.50 bits per heavy atom. The molecule has 0 spiro atoms. The first-order valence-corrected chi connectivity index (χ1v) is 8.93. The Hall–Kier alpha value is -3.64. The quantitative estimate of drug-likeness (QED) is 0.494. The Balaban J connectivity index is 1.53. The SMILES string of the molecule is Nc1ccc(CNC(=O)c2ccc(C(=O)NCc3ccc([NH3+])cc3)cc2)cc1. The van der Waals surface area contributed by atoms with Crippen LogP contribution < -0.4 is 22.1 Å². The van der Waals surface area contributed by atoms with E-state index in [0.29, 0.717) is 29.9 Å². The van der Waals surface area contributed by atoms with E-state index < -0.39 is 0 Å². The fourth-order valence-electron chi connectivity index (χ4n) is 2.63. The van der Waals surface area contributed by atoms with Gasteiger partial charge in [0.05, 0.1) is 0 Å². The maximum atomic E-state index is 12.3. The van der Waals surface area contributed by atoms with E-state index in [9.17, 15) is 9.59 Å². The molecule has 6 nitrogen and oxygen atoms in total. The second-order valence-corrected chi connectivity index (χ2v) is 6.50. The van der Waals surface area contributed by atoms with Crippen LogP contribution in [0.2, 0.25) is 0 Å². The predicted octanol–water partition coefficient (Wildman–Crippen LogP) is 2.00. The van der Waals surface area contributed by atoms with Gasteiger partial charge in [0, 0.05) is 29.9 Å². The maximum Gasteiger partial charge on any atom is 0.251 e. The number of quaternary nitrogens is 1. The number of benzene rings is 3. The molecule has 0 atom stereocenters. The highest BCUT2D eigenvalue weighted by Gasteiger charge is 2.09. The lowest BCUT2D eigenvalue weighted by Crippen LogP contribution is -2.39. The molecule has 0 heterocycles. The van der Waals surface area contributed by atoms with Crippen LogP contribution in [0.1, 0.15) is 31.8 Å². The molecule has 3 rings (SSSR count). The molecule has 0 fully saturated rings. The van der Waals surface area contributed by atoms with E-state index in [-0.39, 0.29) is 11.8 Å². The van der Waals surface area contributed by atoms with Crippen LogP contribution in [0.15, 0.2) is 72.8 Å². The van der Waals surface area contributed by atoms with Crippen LogP contribution in [0, 0.1) is 0 Å². The van der Waals surface area contributed by atoms with Crippen LogP contribution in [0.5, 0.6) is 0 Å². The van der Waals surface area contributed by atoms with Gasteiger partial charge < -0.3 is 22.1 Å². The van der Waals surface area contributed by atoms with Crippen molar-refractivity contribution >= 4 is 23.2 Å². The molecule has 2 amide bonds. The van der Waals surface area contributed by atoms with Crippen LogP contribution in [0.4, 0.5) is 11.4 Å². The summed E-state index contributed by atoms with van der Waals surface area (Å²) < 4.78 is 0. The number of rotatable bonds is 6. The fraction of sp³-hybridized carbons (Fsp3) is 0.0909. The van der Waals surface area contributed by atoms with E-state index in [1.54, 1.807) is 36.4 Å². The highest BCUT2D eigenvalue weighted by atomic mass is 16.2. The largest absolute Gasteiger partial charge is 0.399 e. The predicted molar refractivity (Wildman–Crippen MR) is 109 cm³/mol. The van der Waals surface area contributed by atoms with Gasteiger partial charge in [-0.25, -0.2) is 0 Å². The lowest BCUT2D eigenvalue weighted by molar-refractivity contribution is -0.254. The zero-order valence-corrected chi connectivity index (χ0v) is 15.4. The molecule has 142 valence electrons. The van der Waals surface area contributed by atoms with Gasteiger partial charge in [0.15, 0.2) is 0 Å². The van der Waals surface area contributed by atoms with Crippen LogP contribution in [-0.4, -0.2) is 11.8 Å². The summed E-state index contributed by atoms with van der Waals surface area (Å²) in [6.07, 6.45) is 0. The first-order chi connectivity index (χ1) is 13.5. The van der Waals surface area contributed by atoms with Gasteiger partial charge in [-0.3, -0.25) is 9.59 Å². The molecule has 3 aromatic carbocycles. The zero-order chi connectivity index (χ0) is 19.9. The molecule has 3 aromatic rings. The molecule has 0 aliphatic rings. The molecule has 0 saturated heterocycles. The van der Waals surface area contributed by atoms with Gasteiger partial charge in [0.2, 0.25) is 0 Å². The fourth-order valence-corrected chi connectivity index (χ4v) is 2.63. The van der Waals surface area contributed by atoms with Crippen molar-refractivity contribution in [2.24, 2.45) is 0 Å². The van der Waals surface area contributed by atoms with E-state index in [0.717, 1.165) is 16.8 Å². The Morgan fingerprint density at radius 1 is 0.679 bits per heavy atom. The molecule has 0 aromatic heterocycles. The zero-order valence-electron chi connectivity index (χ0n) is 15.4. The summed E-state index contributed by atoms with van der Waals surface area (Å²) in [5, 5.41) is 5.71. The molecule has 0 saturated carbocycles. The number of carbonyl (C=O) groups is 2. The molecule has 28 heavy (non-hydrogen) atoms. The number of nitrogens with two attached hydrogens (primary N) is 1. The minimum atomic E-state index is -0.197. The normalized spacial score (nSPS) is 10.3. The van der Waals surface area contributed by atoms with Crippen LogP contribution in [0.25, 0.3) is 0 Å². The van der Waals surface area contributed by atoms with Crippen molar-refractivity contribution in [2.45, 2.75) is 13.1 Å². The summed E-state index contributed by atoms with van der Waals surface area (Å²) in [5.41, 5.74) is 14.1. The van der Waals surface area contributed by atoms with E-state index >= 15 is 0 Å². The topological polar surface area (TPSA) is 112 Å². The first-order valence-electron chi connectivity index (χ1n) is 8.93. The molecular weight excluding hydrogens is 352 g/mol. The Kier molecular flexibility index (Phi) is 6.04. The van der Waals surface area contributed by atoms with Gasteiger partial charge in [-0.1, -0.05) is 24.3 Å². The van der Waals surface area contributed by atoms with Gasteiger partial charge in [-0.05, 0) is 59.7 Å². The van der Waals surface area contributed by atoms with Crippen molar-refractivity contribution in [1.29, 1.82) is 0 Å². The molecule has 0 radical (unpaired) electrons. The van der Waals surface area contributed by atoms with Crippen molar-refractivity contribution in [3.8, 4) is 0 Å². The molecule has 0 aliphatic heterocycles. The van der Waals surface area contributed by atoms with E-state index in [2.05, 4.69) is 16.4 Å². The van der Waals surface area contributed by atoms with Crippen LogP contribution in [-0.2, 0) is 13.1 Å². The van der Waals surface area contributed by atoms with Gasteiger partial charge in [-0.15, -0.1) is 0 Å². The molecule has 0 aliphatic carbocycles. The molecule has 0 bridgehead atoms. The summed E-state index contributed by atoms with van der Waals surface area (Å²) in [4.78, 5) is 24.5. The van der Waals surface area contributed by atoms with Crippen molar-refractivity contribution < 1.29 is 15.3 Å². The minimum Gasteiger partial charge on any atom is -0.399 e. The van der Waals surface area contributed by atoms with E-state index in [1.807, 2.05) is 36.4 Å². The van der Waals surface area contributed by atoms with Crippen molar-refractivity contribution in [3.05, 3.63) is 95.1 Å². The maximum absolute atomic E-state index is 12.3. The lowest BCUT2D eigenvalue weighted by Gasteiger charge is -2.08. The standard InChI is InChI=1S/C22H22N4O2/c23-19-9-1-15(2-10-19)13-25-21(27)17-5-7-18(8-6-17)22(28)26-14-16-3-11-20(24)12-4-16/h1-12H,13-14,23-24H2,(H,25,27)(H,26,28)/p+1. The highest BCUT2D eigenvalue weighted by molar-refractivity contribution is 5.97. The Morgan fingerprint density at radius 2 is 1.07 bits per heavy atom. The second kappa shape index (κ2) is 8.83. The molecule has 7 N–H and O–H groups in total. The number of hydrogen-bond donors (Lipinski definition) is 4. The molecular formula is C22H23N4O2+. The smallest absolute Gasteiger partial charge is 0.251 e. The summed E-state index contributed by atoms with van der Waals surface area (Å²) in [6, 6.07) is 21.6. The molecule has 0 unspecified atom stereocenters. The number of anilines is 1. The number of hydrogen-bond acceptors (Lipinski definition) is 3. The monoisotopic (exact) mass is 375 g/mol. The minimum absolute atomic E-state index is 0.187. The summed E-state index contributed by atoms with van der Waals surface area (Å²) in [6.45, 7) is 0.844. The van der Waals surface area contributed by atoms with Crippen molar-refractivity contribution in [2.75, 3.05) is 5.73 Å².